The zero-order valence-corrected chi connectivity index (χ0v) is 14.2. The van der Waals surface area contributed by atoms with Gasteiger partial charge in [-0.1, -0.05) is 13.8 Å². The maximum absolute atomic E-state index is 5.37. The van der Waals surface area contributed by atoms with Crippen LogP contribution in [0.3, 0.4) is 0 Å². The minimum absolute atomic E-state index is 0.152. The molecule has 0 spiro atoms. The first-order valence-electron chi connectivity index (χ1n) is 7.81. The van der Waals surface area contributed by atoms with E-state index in [0.29, 0.717) is 12.0 Å². The predicted octanol–water partition coefficient (Wildman–Crippen LogP) is 2.61. The Kier molecular flexibility index (Phi) is 4.89. The lowest BCUT2D eigenvalue weighted by Crippen LogP contribution is -2.62. The fraction of sp³-hybridized carbons (Fsp3) is 0.706. The van der Waals surface area contributed by atoms with E-state index < -0.39 is 0 Å². The second kappa shape index (κ2) is 6.32. The molecule has 1 aromatic heterocycles. The molecule has 0 aromatic carbocycles. The monoisotopic (exact) mass is 291 g/mol. The third kappa shape index (κ3) is 4.17. The Morgan fingerprint density at radius 3 is 2.76 bits per heavy atom. The number of rotatable bonds is 4. The molecule has 1 aliphatic heterocycles. The van der Waals surface area contributed by atoms with Gasteiger partial charge >= 0.3 is 0 Å². The molecule has 2 rings (SSSR count). The number of nitrogens with one attached hydrogen (secondary N) is 1. The molecule has 0 aliphatic carbocycles. The largest absolute Gasteiger partial charge is 0.497 e. The van der Waals surface area contributed by atoms with E-state index in [1.807, 2.05) is 13.0 Å². The van der Waals surface area contributed by atoms with Crippen molar-refractivity contribution < 1.29 is 4.74 Å². The molecule has 1 saturated heterocycles. The molecule has 1 unspecified atom stereocenters. The third-order valence-corrected chi connectivity index (χ3v) is 4.21. The molecule has 1 N–H and O–H groups in total. The summed E-state index contributed by atoms with van der Waals surface area (Å²) in [7, 11) is 1.71. The summed E-state index contributed by atoms with van der Waals surface area (Å²) in [6, 6.07) is 4.58. The predicted molar refractivity (Wildman–Crippen MR) is 86.6 cm³/mol. The Balaban J connectivity index is 2.19. The molecule has 0 radical (unpaired) electrons. The zero-order chi connectivity index (χ0) is 15.6. The molecule has 118 valence electrons. The van der Waals surface area contributed by atoms with Crippen LogP contribution in [0.2, 0.25) is 0 Å². The van der Waals surface area contributed by atoms with Crippen molar-refractivity contribution in [2.45, 2.75) is 52.7 Å². The first-order chi connectivity index (χ1) is 9.80. The van der Waals surface area contributed by atoms with Gasteiger partial charge in [-0.15, -0.1) is 0 Å². The van der Waals surface area contributed by atoms with Crippen LogP contribution >= 0.6 is 0 Å². The molecule has 4 heteroatoms. The molecule has 2 heterocycles. The van der Waals surface area contributed by atoms with E-state index in [0.717, 1.165) is 36.8 Å². The van der Waals surface area contributed by atoms with Gasteiger partial charge in [0.05, 0.1) is 12.8 Å². The summed E-state index contributed by atoms with van der Waals surface area (Å²) in [5.74, 6) is 1.52. The molecule has 1 fully saturated rings. The molecule has 1 aliphatic rings. The van der Waals surface area contributed by atoms with Gasteiger partial charge < -0.3 is 10.1 Å². The maximum Gasteiger partial charge on any atom is 0.122 e. The van der Waals surface area contributed by atoms with Crippen LogP contribution in [-0.4, -0.2) is 41.7 Å². The first kappa shape index (κ1) is 16.2. The summed E-state index contributed by atoms with van der Waals surface area (Å²) in [4.78, 5) is 7.23. The zero-order valence-electron chi connectivity index (χ0n) is 14.2. The van der Waals surface area contributed by atoms with E-state index in [9.17, 15) is 0 Å². The van der Waals surface area contributed by atoms with Crippen LogP contribution in [0.1, 0.15) is 39.1 Å². The van der Waals surface area contributed by atoms with Gasteiger partial charge in [-0.3, -0.25) is 9.88 Å². The Morgan fingerprint density at radius 2 is 2.14 bits per heavy atom. The number of hydrogen-bond acceptors (Lipinski definition) is 4. The molecule has 21 heavy (non-hydrogen) atoms. The van der Waals surface area contributed by atoms with Gasteiger partial charge in [0.1, 0.15) is 5.75 Å². The number of ether oxygens (including phenoxy) is 1. The fourth-order valence-electron chi connectivity index (χ4n) is 3.13. The van der Waals surface area contributed by atoms with Gasteiger partial charge in [0.15, 0.2) is 0 Å². The normalized spacial score (nSPS) is 22.5. The number of aryl methyl sites for hydroxylation is 1. The van der Waals surface area contributed by atoms with Gasteiger partial charge in [-0.2, -0.15) is 0 Å². The van der Waals surface area contributed by atoms with Crippen molar-refractivity contribution in [3.05, 3.63) is 23.5 Å². The lowest BCUT2D eigenvalue weighted by atomic mass is 9.93. The molecule has 0 bridgehead atoms. The van der Waals surface area contributed by atoms with E-state index in [-0.39, 0.29) is 5.54 Å². The van der Waals surface area contributed by atoms with Crippen LogP contribution in [0, 0.1) is 12.8 Å². The summed E-state index contributed by atoms with van der Waals surface area (Å²) >= 11 is 0. The SMILES string of the molecule is COc1cc(C)nc(CN2CC(C)(C)NCC2C(C)C)c1. The number of methoxy groups -OCH3 is 1. The molecule has 1 aromatic rings. The van der Waals surface area contributed by atoms with Crippen molar-refractivity contribution in [2.75, 3.05) is 20.2 Å². The highest BCUT2D eigenvalue weighted by atomic mass is 16.5. The minimum atomic E-state index is 0.152. The summed E-state index contributed by atoms with van der Waals surface area (Å²) in [6.07, 6.45) is 0. The van der Waals surface area contributed by atoms with Crippen LogP contribution in [0.15, 0.2) is 12.1 Å². The van der Waals surface area contributed by atoms with Crippen LogP contribution in [-0.2, 0) is 6.54 Å². The highest BCUT2D eigenvalue weighted by Gasteiger charge is 2.34. The van der Waals surface area contributed by atoms with Crippen LogP contribution < -0.4 is 10.1 Å². The quantitative estimate of drug-likeness (QED) is 0.925. The second-order valence-electron chi connectivity index (χ2n) is 7.12. The topological polar surface area (TPSA) is 37.4 Å². The van der Waals surface area contributed by atoms with Gasteiger partial charge in [0.25, 0.3) is 0 Å². The first-order valence-corrected chi connectivity index (χ1v) is 7.81. The molecule has 1 atom stereocenters. The average Bonchev–Trinajstić information content (AvgIpc) is 2.36. The van der Waals surface area contributed by atoms with Crippen molar-refractivity contribution in [3.63, 3.8) is 0 Å². The average molecular weight is 291 g/mol. The van der Waals surface area contributed by atoms with E-state index in [4.69, 9.17) is 4.74 Å². The number of aromatic nitrogens is 1. The number of nitrogens with zero attached hydrogens (tertiary/aromatic N) is 2. The van der Waals surface area contributed by atoms with E-state index in [2.05, 4.69) is 49.0 Å². The standard InChI is InChI=1S/C17H29N3O/c1-12(2)16-9-18-17(4,5)11-20(16)10-14-8-15(21-6)7-13(3)19-14/h7-8,12,16,18H,9-11H2,1-6H3. The number of piperazine rings is 1. The second-order valence-corrected chi connectivity index (χ2v) is 7.12. The maximum atomic E-state index is 5.37. The van der Waals surface area contributed by atoms with Gasteiger partial charge in [-0.05, 0) is 26.7 Å². The van der Waals surface area contributed by atoms with E-state index in [1.54, 1.807) is 7.11 Å². The Morgan fingerprint density at radius 1 is 1.43 bits per heavy atom. The molecule has 0 amide bonds. The highest BCUT2D eigenvalue weighted by molar-refractivity contribution is 5.26. The number of hydrogen-bond donors (Lipinski definition) is 1. The van der Waals surface area contributed by atoms with Gasteiger partial charge in [0, 0.05) is 49.0 Å². The fourth-order valence-corrected chi connectivity index (χ4v) is 3.13. The van der Waals surface area contributed by atoms with Crippen molar-refractivity contribution in [3.8, 4) is 5.75 Å². The molecule has 4 nitrogen and oxygen atoms in total. The summed E-state index contributed by atoms with van der Waals surface area (Å²) in [5, 5.41) is 3.65. The molecular weight excluding hydrogens is 262 g/mol. The minimum Gasteiger partial charge on any atom is -0.497 e. The summed E-state index contributed by atoms with van der Waals surface area (Å²) in [6.45, 7) is 14.1. The van der Waals surface area contributed by atoms with Crippen molar-refractivity contribution in [2.24, 2.45) is 5.92 Å². The van der Waals surface area contributed by atoms with Crippen LogP contribution in [0.25, 0.3) is 0 Å². The van der Waals surface area contributed by atoms with Crippen molar-refractivity contribution in [1.82, 2.24) is 15.2 Å². The van der Waals surface area contributed by atoms with E-state index in [1.165, 1.54) is 0 Å². The van der Waals surface area contributed by atoms with Gasteiger partial charge in [0.2, 0.25) is 0 Å². The Bertz CT molecular complexity index is 485. The third-order valence-electron chi connectivity index (χ3n) is 4.21. The van der Waals surface area contributed by atoms with Crippen LogP contribution in [0.5, 0.6) is 5.75 Å². The highest BCUT2D eigenvalue weighted by Crippen LogP contribution is 2.23. The summed E-state index contributed by atoms with van der Waals surface area (Å²) in [5.41, 5.74) is 2.26. The Labute approximate surface area is 128 Å². The summed E-state index contributed by atoms with van der Waals surface area (Å²) < 4.78 is 5.37. The smallest absolute Gasteiger partial charge is 0.122 e. The van der Waals surface area contributed by atoms with Crippen molar-refractivity contribution >= 4 is 0 Å². The van der Waals surface area contributed by atoms with Crippen molar-refractivity contribution in [1.29, 1.82) is 0 Å². The number of pyridine rings is 1. The lowest BCUT2D eigenvalue weighted by Gasteiger charge is -2.46. The molecular formula is C17H29N3O. The van der Waals surface area contributed by atoms with E-state index >= 15 is 0 Å². The lowest BCUT2D eigenvalue weighted by molar-refractivity contribution is 0.0616. The Hall–Kier alpha value is -1.13. The molecule has 0 saturated carbocycles. The van der Waals surface area contributed by atoms with Gasteiger partial charge in [-0.25, -0.2) is 0 Å². The van der Waals surface area contributed by atoms with Crippen LogP contribution in [0.4, 0.5) is 0 Å².